The monoisotopic (exact) mass is 255 g/mol. The van der Waals surface area contributed by atoms with Crippen LogP contribution in [-0.2, 0) is 6.42 Å². The third-order valence-corrected chi connectivity index (χ3v) is 3.50. The zero-order valence-corrected chi connectivity index (χ0v) is 11.6. The summed E-state index contributed by atoms with van der Waals surface area (Å²) in [6.07, 6.45) is 0.857. The molecule has 1 rings (SSSR count). The van der Waals surface area contributed by atoms with Gasteiger partial charge in [0.05, 0.1) is 5.60 Å². The van der Waals surface area contributed by atoms with E-state index in [0.717, 1.165) is 18.0 Å². The van der Waals surface area contributed by atoms with E-state index in [9.17, 15) is 5.11 Å². The van der Waals surface area contributed by atoms with E-state index < -0.39 is 5.60 Å². The standard InChI is InChI=1S/C14H22ClNO/c1-4-16-10-14(3,17)11(2)9-12-5-7-13(15)8-6-12/h5-8,11,16-17H,4,9-10H2,1-3H3. The maximum Gasteiger partial charge on any atom is 0.0772 e. The highest BCUT2D eigenvalue weighted by Gasteiger charge is 2.27. The van der Waals surface area contributed by atoms with E-state index >= 15 is 0 Å². The summed E-state index contributed by atoms with van der Waals surface area (Å²) in [6, 6.07) is 7.82. The van der Waals surface area contributed by atoms with Crippen LogP contribution in [0.3, 0.4) is 0 Å². The molecule has 0 heterocycles. The van der Waals surface area contributed by atoms with Crippen LogP contribution in [0.4, 0.5) is 0 Å². The van der Waals surface area contributed by atoms with Crippen molar-refractivity contribution in [3.8, 4) is 0 Å². The largest absolute Gasteiger partial charge is 0.389 e. The molecule has 96 valence electrons. The lowest BCUT2D eigenvalue weighted by Crippen LogP contribution is -2.44. The third-order valence-electron chi connectivity index (χ3n) is 3.25. The second kappa shape index (κ2) is 6.39. The number of benzene rings is 1. The first-order valence-electron chi connectivity index (χ1n) is 6.13. The fourth-order valence-electron chi connectivity index (χ4n) is 1.75. The van der Waals surface area contributed by atoms with Crippen LogP contribution in [0.2, 0.25) is 5.02 Å². The number of halogens is 1. The van der Waals surface area contributed by atoms with Crippen molar-refractivity contribution in [3.63, 3.8) is 0 Å². The molecule has 2 atom stereocenters. The van der Waals surface area contributed by atoms with E-state index in [0.29, 0.717) is 6.54 Å². The quantitative estimate of drug-likeness (QED) is 0.819. The molecule has 0 radical (unpaired) electrons. The maximum atomic E-state index is 10.3. The lowest BCUT2D eigenvalue weighted by atomic mass is 9.85. The fraction of sp³-hybridized carbons (Fsp3) is 0.571. The first kappa shape index (κ1) is 14.5. The van der Waals surface area contributed by atoms with Crippen molar-refractivity contribution in [3.05, 3.63) is 34.9 Å². The topological polar surface area (TPSA) is 32.3 Å². The van der Waals surface area contributed by atoms with Crippen LogP contribution in [0, 0.1) is 5.92 Å². The molecule has 0 aromatic heterocycles. The summed E-state index contributed by atoms with van der Waals surface area (Å²) in [5, 5.41) is 14.3. The molecular weight excluding hydrogens is 234 g/mol. The Morgan fingerprint density at radius 3 is 2.47 bits per heavy atom. The molecule has 17 heavy (non-hydrogen) atoms. The minimum Gasteiger partial charge on any atom is -0.389 e. The molecule has 0 fully saturated rings. The van der Waals surface area contributed by atoms with E-state index in [2.05, 4.69) is 12.2 Å². The fourth-order valence-corrected chi connectivity index (χ4v) is 1.87. The number of hydrogen-bond acceptors (Lipinski definition) is 2. The van der Waals surface area contributed by atoms with Crippen LogP contribution >= 0.6 is 11.6 Å². The van der Waals surface area contributed by atoms with Gasteiger partial charge in [0.1, 0.15) is 0 Å². The number of rotatable bonds is 6. The molecule has 0 amide bonds. The highest BCUT2D eigenvalue weighted by atomic mass is 35.5. The lowest BCUT2D eigenvalue weighted by molar-refractivity contribution is 0.00761. The summed E-state index contributed by atoms with van der Waals surface area (Å²) in [5.41, 5.74) is 0.522. The smallest absolute Gasteiger partial charge is 0.0772 e. The number of likely N-dealkylation sites (N-methyl/N-ethyl adjacent to an activating group) is 1. The summed E-state index contributed by atoms with van der Waals surface area (Å²) >= 11 is 5.85. The summed E-state index contributed by atoms with van der Waals surface area (Å²) in [4.78, 5) is 0. The number of aliphatic hydroxyl groups is 1. The van der Waals surface area contributed by atoms with Gasteiger partial charge in [-0.05, 0) is 43.5 Å². The van der Waals surface area contributed by atoms with E-state index in [1.165, 1.54) is 5.56 Å². The molecule has 0 aliphatic rings. The predicted octanol–water partition coefficient (Wildman–Crippen LogP) is 2.88. The first-order chi connectivity index (χ1) is 7.95. The van der Waals surface area contributed by atoms with Crippen LogP contribution in [0.5, 0.6) is 0 Å². The van der Waals surface area contributed by atoms with Crippen LogP contribution < -0.4 is 5.32 Å². The Hall–Kier alpha value is -0.570. The Balaban J connectivity index is 2.58. The Kier molecular flexibility index (Phi) is 5.44. The van der Waals surface area contributed by atoms with Gasteiger partial charge in [0.2, 0.25) is 0 Å². The molecule has 2 unspecified atom stereocenters. The molecule has 2 N–H and O–H groups in total. The van der Waals surface area contributed by atoms with Crippen LogP contribution in [0.25, 0.3) is 0 Å². The van der Waals surface area contributed by atoms with Crippen molar-refractivity contribution in [2.75, 3.05) is 13.1 Å². The van der Waals surface area contributed by atoms with Gasteiger partial charge >= 0.3 is 0 Å². The summed E-state index contributed by atoms with van der Waals surface area (Å²) in [7, 11) is 0. The van der Waals surface area contributed by atoms with Crippen molar-refractivity contribution < 1.29 is 5.11 Å². The average Bonchev–Trinajstić information content (AvgIpc) is 2.29. The van der Waals surface area contributed by atoms with E-state index in [4.69, 9.17) is 11.6 Å². The normalized spacial score (nSPS) is 16.5. The molecule has 0 bridgehead atoms. The summed E-state index contributed by atoms with van der Waals surface area (Å²) in [6.45, 7) is 7.50. The van der Waals surface area contributed by atoms with E-state index in [-0.39, 0.29) is 5.92 Å². The molecule has 0 saturated heterocycles. The predicted molar refractivity (Wildman–Crippen MR) is 73.5 cm³/mol. The third kappa shape index (κ3) is 4.66. The molecular formula is C14H22ClNO. The van der Waals surface area contributed by atoms with E-state index in [1.54, 1.807) is 0 Å². The molecule has 0 aliphatic carbocycles. The minimum absolute atomic E-state index is 0.197. The second-order valence-corrected chi connectivity index (χ2v) is 5.31. The molecule has 0 saturated carbocycles. The van der Waals surface area contributed by atoms with Gasteiger partial charge in [0.15, 0.2) is 0 Å². The highest BCUT2D eigenvalue weighted by molar-refractivity contribution is 6.30. The van der Waals surface area contributed by atoms with Crippen LogP contribution in [-0.4, -0.2) is 23.8 Å². The van der Waals surface area contributed by atoms with Gasteiger partial charge in [-0.2, -0.15) is 0 Å². The van der Waals surface area contributed by atoms with Crippen LogP contribution in [0.1, 0.15) is 26.3 Å². The summed E-state index contributed by atoms with van der Waals surface area (Å²) in [5.74, 6) is 0.197. The molecule has 1 aromatic rings. The van der Waals surface area contributed by atoms with Gasteiger partial charge in [-0.15, -0.1) is 0 Å². The molecule has 0 aliphatic heterocycles. The van der Waals surface area contributed by atoms with Crippen molar-refractivity contribution in [1.29, 1.82) is 0 Å². The molecule has 3 heteroatoms. The molecule has 1 aromatic carbocycles. The van der Waals surface area contributed by atoms with Gasteiger partial charge in [-0.1, -0.05) is 37.6 Å². The number of nitrogens with one attached hydrogen (secondary N) is 1. The van der Waals surface area contributed by atoms with Crippen molar-refractivity contribution >= 4 is 11.6 Å². The van der Waals surface area contributed by atoms with Crippen molar-refractivity contribution in [2.45, 2.75) is 32.8 Å². The van der Waals surface area contributed by atoms with Gasteiger partial charge in [-0.25, -0.2) is 0 Å². The second-order valence-electron chi connectivity index (χ2n) is 4.87. The van der Waals surface area contributed by atoms with Gasteiger partial charge in [0, 0.05) is 11.6 Å². The highest BCUT2D eigenvalue weighted by Crippen LogP contribution is 2.21. The minimum atomic E-state index is -0.685. The zero-order chi connectivity index (χ0) is 12.9. The Labute approximate surface area is 109 Å². The Morgan fingerprint density at radius 1 is 1.35 bits per heavy atom. The van der Waals surface area contributed by atoms with Gasteiger partial charge in [-0.3, -0.25) is 0 Å². The lowest BCUT2D eigenvalue weighted by Gasteiger charge is -2.30. The first-order valence-corrected chi connectivity index (χ1v) is 6.51. The van der Waals surface area contributed by atoms with Crippen LogP contribution in [0.15, 0.2) is 24.3 Å². The summed E-state index contributed by atoms with van der Waals surface area (Å²) < 4.78 is 0. The van der Waals surface area contributed by atoms with E-state index in [1.807, 2.05) is 38.1 Å². The Bertz CT molecular complexity index is 335. The van der Waals surface area contributed by atoms with Crippen molar-refractivity contribution in [1.82, 2.24) is 5.32 Å². The SMILES string of the molecule is CCNCC(C)(O)C(C)Cc1ccc(Cl)cc1. The molecule has 0 spiro atoms. The Morgan fingerprint density at radius 2 is 1.94 bits per heavy atom. The van der Waals surface area contributed by atoms with Gasteiger partial charge in [0.25, 0.3) is 0 Å². The van der Waals surface area contributed by atoms with Gasteiger partial charge < -0.3 is 10.4 Å². The maximum absolute atomic E-state index is 10.3. The van der Waals surface area contributed by atoms with Crippen molar-refractivity contribution in [2.24, 2.45) is 5.92 Å². The molecule has 2 nitrogen and oxygen atoms in total. The zero-order valence-electron chi connectivity index (χ0n) is 10.8. The average molecular weight is 256 g/mol. The number of hydrogen-bond donors (Lipinski definition) is 2.